The lowest BCUT2D eigenvalue weighted by atomic mass is 10.2. The highest BCUT2D eigenvalue weighted by Gasteiger charge is 2.14. The second kappa shape index (κ2) is 8.69. The van der Waals surface area contributed by atoms with E-state index in [1.165, 1.54) is 31.3 Å². The van der Waals surface area contributed by atoms with E-state index < -0.39 is 15.9 Å². The second-order valence-corrected chi connectivity index (χ2v) is 8.45. The maximum atomic E-state index is 12.3. The zero-order valence-corrected chi connectivity index (χ0v) is 17.3. The Kier molecular flexibility index (Phi) is 6.26. The average Bonchev–Trinajstić information content (AvgIpc) is 3.18. The molecule has 152 valence electrons. The number of sulfonamides is 1. The van der Waals surface area contributed by atoms with E-state index in [9.17, 15) is 13.2 Å². The van der Waals surface area contributed by atoms with Gasteiger partial charge in [0.05, 0.1) is 4.90 Å². The molecule has 1 amide bonds. The highest BCUT2D eigenvalue weighted by Crippen LogP contribution is 2.22. The number of nitrogens with one attached hydrogen (secondary N) is 2. The molecule has 0 spiro atoms. The fraction of sp³-hybridized carbons (Fsp3) is 0.150. The number of anilines is 1. The van der Waals surface area contributed by atoms with Crippen molar-refractivity contribution in [3.8, 4) is 5.75 Å². The number of furan rings is 1. The van der Waals surface area contributed by atoms with E-state index in [0.717, 1.165) is 5.56 Å². The Morgan fingerprint density at radius 1 is 1.10 bits per heavy atom. The highest BCUT2D eigenvalue weighted by atomic mass is 35.5. The number of amides is 1. The van der Waals surface area contributed by atoms with Crippen molar-refractivity contribution in [2.45, 2.75) is 18.4 Å². The highest BCUT2D eigenvalue weighted by molar-refractivity contribution is 7.89. The van der Waals surface area contributed by atoms with Crippen LogP contribution in [0, 0.1) is 6.92 Å². The zero-order valence-electron chi connectivity index (χ0n) is 15.7. The van der Waals surface area contributed by atoms with Crippen molar-refractivity contribution in [1.82, 2.24) is 4.72 Å². The largest absolute Gasteiger partial charge is 0.486 e. The van der Waals surface area contributed by atoms with Crippen LogP contribution in [0.1, 0.15) is 21.9 Å². The van der Waals surface area contributed by atoms with Crippen LogP contribution in [-0.2, 0) is 16.6 Å². The lowest BCUT2D eigenvalue weighted by molar-refractivity contribution is 0.0992. The van der Waals surface area contributed by atoms with Gasteiger partial charge in [-0.15, -0.1) is 0 Å². The molecule has 0 unspecified atom stereocenters. The standard InChI is InChI=1S/C20H19ClN2O5S/c1-13-11-15(5-9-18(13)21)27-12-16-6-10-19(28-16)20(24)23-14-3-7-17(8-4-14)29(25,26)22-2/h3-11,22H,12H2,1-2H3,(H,23,24). The predicted molar refractivity (Wildman–Crippen MR) is 110 cm³/mol. The monoisotopic (exact) mass is 434 g/mol. The Bertz CT molecular complexity index is 1120. The fourth-order valence-electron chi connectivity index (χ4n) is 2.47. The summed E-state index contributed by atoms with van der Waals surface area (Å²) in [6, 6.07) is 14.3. The summed E-state index contributed by atoms with van der Waals surface area (Å²) >= 11 is 5.99. The summed E-state index contributed by atoms with van der Waals surface area (Å²) in [4.78, 5) is 12.4. The van der Waals surface area contributed by atoms with Gasteiger partial charge in [0.15, 0.2) is 5.76 Å². The molecule has 2 N–H and O–H groups in total. The molecule has 29 heavy (non-hydrogen) atoms. The number of aryl methyl sites for hydroxylation is 1. The first-order valence-corrected chi connectivity index (χ1v) is 10.5. The molecule has 2 aromatic carbocycles. The molecule has 0 aliphatic carbocycles. The first kappa shape index (κ1) is 20.9. The molecule has 7 nitrogen and oxygen atoms in total. The molecular formula is C20H19ClN2O5S. The minimum Gasteiger partial charge on any atom is -0.486 e. The molecule has 1 heterocycles. The lowest BCUT2D eigenvalue weighted by Crippen LogP contribution is -2.18. The van der Waals surface area contributed by atoms with Crippen LogP contribution in [0.25, 0.3) is 0 Å². The lowest BCUT2D eigenvalue weighted by Gasteiger charge is -2.07. The summed E-state index contributed by atoms with van der Waals surface area (Å²) in [6.07, 6.45) is 0. The number of benzene rings is 2. The molecule has 3 rings (SSSR count). The molecule has 0 bridgehead atoms. The van der Waals surface area contributed by atoms with E-state index in [-0.39, 0.29) is 17.3 Å². The number of hydrogen-bond acceptors (Lipinski definition) is 5. The number of carbonyl (C=O) groups excluding carboxylic acids is 1. The summed E-state index contributed by atoms with van der Waals surface area (Å²) < 4.78 is 36.8. The van der Waals surface area contributed by atoms with Gasteiger partial charge in [0.25, 0.3) is 5.91 Å². The molecule has 0 atom stereocenters. The average molecular weight is 435 g/mol. The Morgan fingerprint density at radius 3 is 2.48 bits per heavy atom. The molecule has 3 aromatic rings. The first-order valence-electron chi connectivity index (χ1n) is 8.61. The third-order valence-electron chi connectivity index (χ3n) is 4.09. The molecule has 0 fully saturated rings. The third kappa shape index (κ3) is 5.17. The van der Waals surface area contributed by atoms with E-state index in [0.29, 0.717) is 22.2 Å². The van der Waals surface area contributed by atoms with Crippen molar-refractivity contribution < 1.29 is 22.4 Å². The molecule has 9 heteroatoms. The van der Waals surface area contributed by atoms with Crippen molar-refractivity contribution in [1.29, 1.82) is 0 Å². The Balaban J connectivity index is 1.61. The number of rotatable bonds is 7. The van der Waals surface area contributed by atoms with Crippen molar-refractivity contribution in [2.75, 3.05) is 12.4 Å². The second-order valence-electron chi connectivity index (χ2n) is 6.15. The Morgan fingerprint density at radius 2 is 1.83 bits per heavy atom. The summed E-state index contributed by atoms with van der Waals surface area (Å²) in [5.41, 5.74) is 1.34. The van der Waals surface area contributed by atoms with Crippen LogP contribution in [0.5, 0.6) is 5.75 Å². The topological polar surface area (TPSA) is 97.6 Å². The van der Waals surface area contributed by atoms with E-state index in [2.05, 4.69) is 10.0 Å². The Labute approximate surface area is 173 Å². The summed E-state index contributed by atoms with van der Waals surface area (Å²) in [5, 5.41) is 3.31. The summed E-state index contributed by atoms with van der Waals surface area (Å²) in [7, 11) is -2.20. The van der Waals surface area contributed by atoms with Crippen LogP contribution in [0.2, 0.25) is 5.02 Å². The van der Waals surface area contributed by atoms with Gasteiger partial charge in [-0.2, -0.15) is 0 Å². The number of ether oxygens (including phenoxy) is 1. The number of halogens is 1. The Hall–Kier alpha value is -2.81. The first-order chi connectivity index (χ1) is 13.8. The van der Waals surface area contributed by atoms with Gasteiger partial charge >= 0.3 is 0 Å². The van der Waals surface area contributed by atoms with Gasteiger partial charge in [-0.3, -0.25) is 4.79 Å². The van der Waals surface area contributed by atoms with Gasteiger partial charge in [-0.25, -0.2) is 13.1 Å². The quantitative estimate of drug-likeness (QED) is 0.586. The predicted octanol–water partition coefficient (Wildman–Crippen LogP) is 3.98. The molecule has 0 radical (unpaired) electrons. The van der Waals surface area contributed by atoms with Gasteiger partial charge < -0.3 is 14.5 Å². The van der Waals surface area contributed by atoms with Crippen LogP contribution in [0.4, 0.5) is 5.69 Å². The van der Waals surface area contributed by atoms with E-state index in [1.807, 2.05) is 13.0 Å². The van der Waals surface area contributed by atoms with Gasteiger partial charge in [0.1, 0.15) is 18.1 Å². The maximum Gasteiger partial charge on any atom is 0.291 e. The molecule has 0 aliphatic rings. The summed E-state index contributed by atoms with van der Waals surface area (Å²) in [6.45, 7) is 2.04. The third-order valence-corrected chi connectivity index (χ3v) is 5.94. The zero-order chi connectivity index (χ0) is 21.0. The number of hydrogen-bond donors (Lipinski definition) is 2. The fourth-order valence-corrected chi connectivity index (χ4v) is 3.31. The number of carbonyl (C=O) groups is 1. The van der Waals surface area contributed by atoms with Crippen LogP contribution in [-0.4, -0.2) is 21.4 Å². The van der Waals surface area contributed by atoms with Gasteiger partial charge in [0, 0.05) is 10.7 Å². The minimum atomic E-state index is -3.53. The molecule has 0 saturated carbocycles. The molecule has 1 aromatic heterocycles. The maximum absolute atomic E-state index is 12.3. The van der Waals surface area contributed by atoms with E-state index in [1.54, 1.807) is 24.3 Å². The van der Waals surface area contributed by atoms with Gasteiger partial charge in [-0.05, 0) is 74.1 Å². The minimum absolute atomic E-state index is 0.105. The summed E-state index contributed by atoms with van der Waals surface area (Å²) in [5.74, 6) is 0.787. The van der Waals surface area contributed by atoms with Crippen LogP contribution >= 0.6 is 11.6 Å². The molecular weight excluding hydrogens is 416 g/mol. The van der Waals surface area contributed by atoms with Crippen molar-refractivity contribution in [3.63, 3.8) is 0 Å². The smallest absolute Gasteiger partial charge is 0.291 e. The van der Waals surface area contributed by atoms with Gasteiger partial charge in [-0.1, -0.05) is 11.6 Å². The van der Waals surface area contributed by atoms with Crippen LogP contribution < -0.4 is 14.8 Å². The van der Waals surface area contributed by atoms with Crippen molar-refractivity contribution in [2.24, 2.45) is 0 Å². The normalized spacial score (nSPS) is 11.3. The van der Waals surface area contributed by atoms with Crippen molar-refractivity contribution in [3.05, 3.63) is 76.7 Å². The molecule has 0 aliphatic heterocycles. The SMILES string of the molecule is CNS(=O)(=O)c1ccc(NC(=O)c2ccc(COc3ccc(Cl)c(C)c3)o2)cc1. The van der Waals surface area contributed by atoms with Gasteiger partial charge in [0.2, 0.25) is 10.0 Å². The van der Waals surface area contributed by atoms with E-state index in [4.69, 9.17) is 20.8 Å². The molecule has 0 saturated heterocycles. The van der Waals surface area contributed by atoms with E-state index >= 15 is 0 Å². The van der Waals surface area contributed by atoms with Crippen LogP contribution in [0.3, 0.4) is 0 Å². The van der Waals surface area contributed by atoms with Crippen LogP contribution in [0.15, 0.2) is 63.9 Å². The van der Waals surface area contributed by atoms with Crippen molar-refractivity contribution >= 4 is 33.2 Å².